The van der Waals surface area contributed by atoms with Crippen LogP contribution in [0.15, 0.2) is 60.8 Å². The van der Waals surface area contributed by atoms with Crippen molar-refractivity contribution in [2.24, 2.45) is 0 Å². The quantitative estimate of drug-likeness (QED) is 0.0149. The Bertz CT molecular complexity index is 1300. The molecule has 0 aromatic carbocycles. The lowest BCUT2D eigenvalue weighted by atomic mass is 9.85. The van der Waals surface area contributed by atoms with Gasteiger partial charge in [0, 0.05) is 12.8 Å². The molecule has 0 saturated heterocycles. The topological polar surface area (TPSA) is 210 Å². The second-order valence-corrected chi connectivity index (χ2v) is 17.3. The average molecular weight is 885 g/mol. The lowest BCUT2D eigenvalue weighted by Gasteiger charge is -2.41. The molecule has 61 heavy (non-hydrogen) atoms. The fraction of sp³-hybridized carbons (Fsp3) is 0.745. The smallest absolute Gasteiger partial charge is 0.462 e. The van der Waals surface area contributed by atoms with Gasteiger partial charge in [-0.05, 0) is 83.5 Å². The van der Waals surface area contributed by atoms with Gasteiger partial charge in [0.15, 0.2) is 6.10 Å². The Morgan fingerprint density at radius 3 is 1.41 bits per heavy atom. The van der Waals surface area contributed by atoms with Gasteiger partial charge in [-0.3, -0.25) is 18.6 Å². The molecule has 1 rings (SSSR count). The van der Waals surface area contributed by atoms with Crippen LogP contribution in [0.2, 0.25) is 0 Å². The van der Waals surface area contributed by atoms with Gasteiger partial charge in [0.1, 0.15) is 43.2 Å². The summed E-state index contributed by atoms with van der Waals surface area (Å²) in [4.78, 5) is 35.7. The van der Waals surface area contributed by atoms with Crippen LogP contribution in [0.25, 0.3) is 0 Å². The minimum atomic E-state index is -5.13. The summed E-state index contributed by atoms with van der Waals surface area (Å²) < 4.78 is 33.5. The van der Waals surface area contributed by atoms with Crippen molar-refractivity contribution in [1.82, 2.24) is 0 Å². The van der Waals surface area contributed by atoms with Gasteiger partial charge in [-0.15, -0.1) is 0 Å². The van der Waals surface area contributed by atoms with E-state index in [1.54, 1.807) is 0 Å². The van der Waals surface area contributed by atoms with E-state index in [9.17, 15) is 44.6 Å². The van der Waals surface area contributed by atoms with Crippen molar-refractivity contribution in [2.45, 2.75) is 211 Å². The lowest BCUT2D eigenvalue weighted by Crippen LogP contribution is -2.64. The normalized spacial score (nSPS) is 22.6. The van der Waals surface area contributed by atoms with E-state index in [2.05, 4.69) is 74.6 Å². The molecule has 0 bridgehead atoms. The van der Waals surface area contributed by atoms with Gasteiger partial charge >= 0.3 is 19.8 Å². The monoisotopic (exact) mass is 885 g/mol. The third-order valence-electron chi connectivity index (χ3n) is 10.3. The van der Waals surface area contributed by atoms with Gasteiger partial charge in [-0.2, -0.15) is 0 Å². The molecule has 6 N–H and O–H groups in total. The number of hydrogen-bond acceptors (Lipinski definition) is 12. The Balaban J connectivity index is 2.51. The van der Waals surface area contributed by atoms with Crippen LogP contribution in [0, 0.1) is 0 Å². The van der Waals surface area contributed by atoms with E-state index in [4.69, 9.17) is 18.5 Å². The maximum Gasteiger partial charge on any atom is 0.472 e. The molecule has 14 heteroatoms. The average Bonchev–Trinajstić information content (AvgIpc) is 3.24. The molecule has 0 heterocycles. The minimum absolute atomic E-state index is 0.0467. The van der Waals surface area contributed by atoms with E-state index in [0.29, 0.717) is 12.8 Å². The number of ether oxygens (including phenoxy) is 2. The summed E-state index contributed by atoms with van der Waals surface area (Å²) in [5.41, 5.74) is 0. The number of phosphoric ester groups is 1. The molecule has 0 aliphatic heterocycles. The fourth-order valence-corrected chi connectivity index (χ4v) is 7.53. The molecule has 0 spiro atoms. The Labute approximate surface area is 366 Å². The molecule has 1 aliphatic carbocycles. The maximum absolute atomic E-state index is 12.8. The number of hydrogen-bond donors (Lipinski definition) is 6. The van der Waals surface area contributed by atoms with Crippen LogP contribution in [-0.4, -0.2) is 98.3 Å². The number of esters is 2. The highest BCUT2D eigenvalue weighted by Crippen LogP contribution is 2.47. The highest BCUT2D eigenvalue weighted by Gasteiger charge is 2.51. The second kappa shape index (κ2) is 37.0. The largest absolute Gasteiger partial charge is 0.472 e. The number of carbonyl (C=O) groups excluding carboxylic acids is 2. The zero-order valence-electron chi connectivity index (χ0n) is 37.2. The molecule has 6 unspecified atom stereocenters. The molecule has 0 aromatic heterocycles. The van der Waals surface area contributed by atoms with E-state index in [-0.39, 0.29) is 12.8 Å². The van der Waals surface area contributed by atoms with Crippen molar-refractivity contribution in [3.8, 4) is 0 Å². The zero-order valence-corrected chi connectivity index (χ0v) is 38.1. The Hall–Kier alpha value is -2.45. The molecule has 8 atom stereocenters. The van der Waals surface area contributed by atoms with E-state index in [1.807, 2.05) is 0 Å². The maximum atomic E-state index is 12.8. The molecule has 352 valence electrons. The molecule has 0 amide bonds. The summed E-state index contributed by atoms with van der Waals surface area (Å²) in [6, 6.07) is 0. The van der Waals surface area contributed by atoms with Crippen molar-refractivity contribution >= 4 is 19.8 Å². The third-order valence-corrected chi connectivity index (χ3v) is 11.3. The molecule has 13 nitrogen and oxygen atoms in total. The van der Waals surface area contributed by atoms with Crippen LogP contribution in [-0.2, 0) is 32.7 Å². The van der Waals surface area contributed by atoms with E-state index < -0.39 is 75.7 Å². The van der Waals surface area contributed by atoms with Crippen molar-refractivity contribution in [3.05, 3.63) is 60.8 Å². The first kappa shape index (κ1) is 56.6. The van der Waals surface area contributed by atoms with Crippen LogP contribution in [0.1, 0.15) is 168 Å². The first-order valence-corrected chi connectivity index (χ1v) is 24.6. The van der Waals surface area contributed by atoms with Crippen molar-refractivity contribution in [1.29, 1.82) is 0 Å². The van der Waals surface area contributed by atoms with Gasteiger partial charge in [-0.25, -0.2) is 4.57 Å². The van der Waals surface area contributed by atoms with Crippen LogP contribution in [0.4, 0.5) is 0 Å². The van der Waals surface area contributed by atoms with Crippen molar-refractivity contribution in [2.75, 3.05) is 13.2 Å². The summed E-state index contributed by atoms with van der Waals surface area (Å²) in [6.07, 6.45) is 31.3. The van der Waals surface area contributed by atoms with Crippen LogP contribution in [0.5, 0.6) is 0 Å². The van der Waals surface area contributed by atoms with Crippen LogP contribution in [0.3, 0.4) is 0 Å². The Kier molecular flexibility index (Phi) is 34.3. The Morgan fingerprint density at radius 1 is 0.508 bits per heavy atom. The highest BCUT2D eigenvalue weighted by atomic mass is 31.2. The molecular formula is C47H81O13P. The first-order valence-electron chi connectivity index (χ1n) is 23.1. The molecule has 0 aromatic rings. The third kappa shape index (κ3) is 29.5. The van der Waals surface area contributed by atoms with E-state index in [1.165, 1.54) is 57.8 Å². The van der Waals surface area contributed by atoms with Crippen LogP contribution < -0.4 is 0 Å². The minimum Gasteiger partial charge on any atom is -0.462 e. The summed E-state index contributed by atoms with van der Waals surface area (Å²) in [5, 5.41) is 50.1. The number of unbranched alkanes of at least 4 members (excludes halogenated alkanes) is 15. The SMILES string of the molecule is CCCCC/C=C/C/C=C/C/C=C/CCCCCCC(=O)OC[C@@H](COP(=O)(O)OC1C(O)C(O)C(O)[C@H](O)C1O)OC(=O)CCCC/C=C/C/C=C/CCCCCCCC. The second-order valence-electron chi connectivity index (χ2n) is 15.9. The number of aliphatic hydroxyl groups is 5. The molecular weight excluding hydrogens is 803 g/mol. The number of phosphoric acid groups is 1. The number of rotatable bonds is 37. The summed E-state index contributed by atoms with van der Waals surface area (Å²) in [7, 11) is -5.13. The fourth-order valence-electron chi connectivity index (χ4n) is 6.56. The predicted molar refractivity (Wildman–Crippen MR) is 239 cm³/mol. The standard InChI is InChI=1S/C47H81O13P/c1-3-5-7-9-11-13-15-17-19-20-22-23-25-27-29-31-33-35-40(48)57-37-39(38-58-61(55,56)60-47-45(53)43(51)42(50)44(52)46(47)54)59-41(49)36-34-32-30-28-26-24-21-18-16-14-12-10-8-6-4-2/h11,13,17-19,21-23,26,28,39,42-47,50-54H,3-10,12,14-16,20,24-25,27,29-38H2,1-2H3,(H,55,56)/b13-11+,19-17+,21-18+,23-22+,28-26+/t39-,42?,43-,44?,45?,46?,47?/m0/s1. The lowest BCUT2D eigenvalue weighted by molar-refractivity contribution is -0.220. The van der Waals surface area contributed by atoms with Crippen molar-refractivity contribution in [3.63, 3.8) is 0 Å². The van der Waals surface area contributed by atoms with E-state index in [0.717, 1.165) is 70.6 Å². The predicted octanol–water partition coefficient (Wildman–Crippen LogP) is 8.94. The van der Waals surface area contributed by atoms with Crippen molar-refractivity contribution < 1.29 is 63.1 Å². The molecule has 0 radical (unpaired) electrons. The van der Waals surface area contributed by atoms with Gasteiger partial charge in [-0.1, -0.05) is 132 Å². The zero-order chi connectivity index (χ0) is 45.0. The number of carbonyl (C=O) groups is 2. The molecule has 1 aliphatic rings. The first-order chi connectivity index (χ1) is 29.4. The summed E-state index contributed by atoms with van der Waals surface area (Å²) >= 11 is 0. The number of aliphatic hydroxyl groups excluding tert-OH is 5. The molecule has 1 fully saturated rings. The van der Waals surface area contributed by atoms with Gasteiger partial charge in [0.2, 0.25) is 0 Å². The highest BCUT2D eigenvalue weighted by molar-refractivity contribution is 7.47. The summed E-state index contributed by atoms with van der Waals surface area (Å²) in [6.45, 7) is 3.21. The van der Waals surface area contributed by atoms with Crippen LogP contribution >= 0.6 is 7.82 Å². The summed E-state index contributed by atoms with van der Waals surface area (Å²) in [5.74, 6) is -1.17. The van der Waals surface area contributed by atoms with E-state index >= 15 is 0 Å². The number of allylic oxidation sites excluding steroid dienone is 10. The van der Waals surface area contributed by atoms with Gasteiger partial charge in [0.25, 0.3) is 0 Å². The molecule has 1 saturated carbocycles. The van der Waals surface area contributed by atoms with Gasteiger partial charge < -0.3 is 39.9 Å². The Morgan fingerprint density at radius 2 is 0.885 bits per heavy atom. The van der Waals surface area contributed by atoms with Gasteiger partial charge in [0.05, 0.1) is 6.61 Å².